The van der Waals surface area contributed by atoms with E-state index in [4.69, 9.17) is 4.74 Å². The van der Waals surface area contributed by atoms with Crippen LogP contribution < -0.4 is 0 Å². The van der Waals surface area contributed by atoms with Gasteiger partial charge in [0, 0.05) is 45.3 Å². The highest BCUT2D eigenvalue weighted by atomic mass is 32.2. The molecule has 4 heterocycles. The topological polar surface area (TPSA) is 53.1 Å². The fraction of sp³-hybridized carbons (Fsp3) is 0.667. The zero-order valence-electron chi connectivity index (χ0n) is 14.6. The molecule has 0 amide bonds. The van der Waals surface area contributed by atoms with Gasteiger partial charge in [0.05, 0.1) is 13.2 Å². The van der Waals surface area contributed by atoms with E-state index in [1.807, 2.05) is 6.07 Å². The SMILES string of the molecule is O=S(=O)(N1CCOCC1)N1C[C@H]2CC[C@@H]1CN(Cc1ccccc1)C2. The molecule has 0 spiro atoms. The Morgan fingerprint density at radius 1 is 1.00 bits per heavy atom. The number of morpholine rings is 1. The second kappa shape index (κ2) is 7.32. The second-order valence-electron chi connectivity index (χ2n) is 7.37. The molecule has 6 nitrogen and oxygen atoms in total. The summed E-state index contributed by atoms with van der Waals surface area (Å²) in [6.45, 7) is 5.33. The predicted molar refractivity (Wildman–Crippen MR) is 96.2 cm³/mol. The van der Waals surface area contributed by atoms with Crippen LogP contribution in [0.4, 0.5) is 0 Å². The average Bonchev–Trinajstić information content (AvgIpc) is 2.94. The van der Waals surface area contributed by atoms with E-state index in [2.05, 4.69) is 29.2 Å². The summed E-state index contributed by atoms with van der Waals surface area (Å²) in [6, 6.07) is 10.6. The van der Waals surface area contributed by atoms with Crippen LogP contribution in [0.2, 0.25) is 0 Å². The minimum Gasteiger partial charge on any atom is -0.379 e. The molecule has 0 unspecified atom stereocenters. The molecule has 2 atom stereocenters. The van der Waals surface area contributed by atoms with Crippen LogP contribution in [0.5, 0.6) is 0 Å². The van der Waals surface area contributed by atoms with Gasteiger partial charge in [-0.2, -0.15) is 17.0 Å². The maximum atomic E-state index is 13.1. The van der Waals surface area contributed by atoms with E-state index in [1.54, 1.807) is 8.61 Å². The zero-order chi connectivity index (χ0) is 17.3. The van der Waals surface area contributed by atoms with Gasteiger partial charge < -0.3 is 4.74 Å². The normalized spacial score (nSPS) is 29.6. The van der Waals surface area contributed by atoms with Crippen LogP contribution in [0.3, 0.4) is 0 Å². The molecule has 1 aromatic rings. The summed E-state index contributed by atoms with van der Waals surface area (Å²) in [5.41, 5.74) is 1.30. The lowest BCUT2D eigenvalue weighted by atomic mass is 9.97. The number of hydrogen-bond donors (Lipinski definition) is 0. The smallest absolute Gasteiger partial charge is 0.282 e. The fourth-order valence-electron chi connectivity index (χ4n) is 4.31. The molecule has 4 saturated heterocycles. The first-order chi connectivity index (χ1) is 12.1. The van der Waals surface area contributed by atoms with Crippen molar-refractivity contribution in [3.63, 3.8) is 0 Å². The summed E-state index contributed by atoms with van der Waals surface area (Å²) in [5, 5.41) is 0. The maximum Gasteiger partial charge on any atom is 0.282 e. The van der Waals surface area contributed by atoms with E-state index in [9.17, 15) is 8.42 Å². The van der Waals surface area contributed by atoms with Crippen molar-refractivity contribution in [2.75, 3.05) is 45.9 Å². The van der Waals surface area contributed by atoms with Crippen LogP contribution in [0.25, 0.3) is 0 Å². The number of piperidine rings is 1. The molecule has 4 aliphatic rings. The Hall–Kier alpha value is -0.990. The van der Waals surface area contributed by atoms with Crippen LogP contribution in [0, 0.1) is 5.92 Å². The highest BCUT2D eigenvalue weighted by Crippen LogP contribution is 2.31. The third-order valence-corrected chi connectivity index (χ3v) is 7.64. The molecule has 4 fully saturated rings. The molecule has 0 aromatic heterocycles. The zero-order valence-corrected chi connectivity index (χ0v) is 15.4. The molecule has 0 aliphatic carbocycles. The van der Waals surface area contributed by atoms with Crippen molar-refractivity contribution in [2.24, 2.45) is 5.92 Å². The van der Waals surface area contributed by atoms with E-state index in [0.29, 0.717) is 38.8 Å². The van der Waals surface area contributed by atoms with Crippen molar-refractivity contribution in [1.29, 1.82) is 0 Å². The number of nitrogens with zero attached hydrogens (tertiary/aromatic N) is 3. The maximum absolute atomic E-state index is 13.1. The molecule has 7 heteroatoms. The fourth-order valence-corrected chi connectivity index (χ4v) is 6.17. The lowest BCUT2D eigenvalue weighted by Gasteiger charge is -2.39. The van der Waals surface area contributed by atoms with Crippen molar-refractivity contribution in [1.82, 2.24) is 13.5 Å². The molecular weight excluding hydrogens is 338 g/mol. The van der Waals surface area contributed by atoms with Crippen molar-refractivity contribution in [3.05, 3.63) is 35.9 Å². The van der Waals surface area contributed by atoms with E-state index in [-0.39, 0.29) is 6.04 Å². The van der Waals surface area contributed by atoms with Crippen LogP contribution in [0.15, 0.2) is 30.3 Å². The summed E-state index contributed by atoms with van der Waals surface area (Å²) < 4.78 is 35.0. The lowest BCUT2D eigenvalue weighted by Crippen LogP contribution is -2.55. The molecule has 4 aliphatic heterocycles. The van der Waals surface area contributed by atoms with E-state index < -0.39 is 10.2 Å². The first-order valence-corrected chi connectivity index (χ1v) is 10.6. The minimum atomic E-state index is -3.38. The molecule has 2 bridgehead atoms. The summed E-state index contributed by atoms with van der Waals surface area (Å²) in [5.74, 6) is 0.429. The van der Waals surface area contributed by atoms with Gasteiger partial charge in [-0.3, -0.25) is 4.90 Å². The summed E-state index contributed by atoms with van der Waals surface area (Å²) >= 11 is 0. The third-order valence-electron chi connectivity index (χ3n) is 5.58. The van der Waals surface area contributed by atoms with Crippen LogP contribution >= 0.6 is 0 Å². The Kier molecular flexibility index (Phi) is 5.11. The van der Waals surface area contributed by atoms with Crippen molar-refractivity contribution < 1.29 is 13.2 Å². The van der Waals surface area contributed by atoms with Gasteiger partial charge in [0.2, 0.25) is 0 Å². The predicted octanol–water partition coefficient (Wildman–Crippen LogP) is 1.16. The molecule has 5 rings (SSSR count). The van der Waals surface area contributed by atoms with Gasteiger partial charge in [0.15, 0.2) is 0 Å². The van der Waals surface area contributed by atoms with E-state index >= 15 is 0 Å². The van der Waals surface area contributed by atoms with Crippen molar-refractivity contribution in [3.8, 4) is 0 Å². The quantitative estimate of drug-likeness (QED) is 0.804. The Morgan fingerprint density at radius 2 is 1.76 bits per heavy atom. The molecule has 25 heavy (non-hydrogen) atoms. The number of benzene rings is 1. The van der Waals surface area contributed by atoms with Crippen LogP contribution in [0.1, 0.15) is 18.4 Å². The monoisotopic (exact) mass is 365 g/mol. The van der Waals surface area contributed by atoms with Gasteiger partial charge in [0.1, 0.15) is 0 Å². The third kappa shape index (κ3) is 3.75. The Morgan fingerprint density at radius 3 is 2.52 bits per heavy atom. The summed E-state index contributed by atoms with van der Waals surface area (Å²) in [4.78, 5) is 2.44. The lowest BCUT2D eigenvalue weighted by molar-refractivity contribution is 0.0677. The van der Waals surface area contributed by atoms with Crippen molar-refractivity contribution >= 4 is 10.2 Å². The van der Waals surface area contributed by atoms with Gasteiger partial charge in [-0.1, -0.05) is 30.3 Å². The average molecular weight is 365 g/mol. The minimum absolute atomic E-state index is 0.0929. The molecule has 0 saturated carbocycles. The standard InChI is InChI=1S/C18H27N3O3S/c22-25(23,20-8-10-24-11-9-20)21-14-17-6-7-18(21)15-19(13-17)12-16-4-2-1-3-5-16/h1-5,17-18H,6-15H2/t17-,18+/m0/s1. The Bertz CT molecular complexity index is 676. The van der Waals surface area contributed by atoms with Gasteiger partial charge >= 0.3 is 0 Å². The largest absolute Gasteiger partial charge is 0.379 e. The first-order valence-electron chi connectivity index (χ1n) is 9.24. The molecule has 0 N–H and O–H groups in total. The highest BCUT2D eigenvalue weighted by Gasteiger charge is 2.43. The first kappa shape index (κ1) is 17.4. The number of fused-ring (bicyclic) bond motifs is 4. The molecule has 1 aromatic carbocycles. The van der Waals surface area contributed by atoms with Crippen LogP contribution in [-0.2, 0) is 21.5 Å². The summed E-state index contributed by atoms with van der Waals surface area (Å²) in [7, 11) is -3.38. The Balaban J connectivity index is 1.49. The second-order valence-corrected chi connectivity index (χ2v) is 9.25. The number of rotatable bonds is 4. The van der Waals surface area contributed by atoms with Crippen molar-refractivity contribution in [2.45, 2.75) is 25.4 Å². The Labute approximate surface area is 150 Å². The number of hydrogen-bond acceptors (Lipinski definition) is 4. The van der Waals surface area contributed by atoms with E-state index in [0.717, 1.165) is 32.5 Å². The van der Waals surface area contributed by atoms with Gasteiger partial charge in [-0.25, -0.2) is 0 Å². The molecule has 138 valence electrons. The van der Waals surface area contributed by atoms with Crippen LogP contribution in [-0.4, -0.2) is 73.9 Å². The highest BCUT2D eigenvalue weighted by molar-refractivity contribution is 7.86. The van der Waals surface area contributed by atoms with Gasteiger partial charge in [-0.05, 0) is 24.3 Å². The molecule has 0 radical (unpaired) electrons. The van der Waals surface area contributed by atoms with Gasteiger partial charge in [-0.15, -0.1) is 0 Å². The van der Waals surface area contributed by atoms with E-state index in [1.165, 1.54) is 5.56 Å². The number of ether oxygens (including phenoxy) is 1. The molecular formula is C18H27N3O3S. The van der Waals surface area contributed by atoms with Gasteiger partial charge in [0.25, 0.3) is 10.2 Å². The summed E-state index contributed by atoms with van der Waals surface area (Å²) in [6.07, 6.45) is 2.10.